The van der Waals surface area contributed by atoms with Gasteiger partial charge in [0.05, 0.1) is 5.69 Å². The Morgan fingerprint density at radius 2 is 2.06 bits per heavy atom. The Labute approximate surface area is 118 Å². The fourth-order valence-electron chi connectivity index (χ4n) is 1.67. The first-order valence-corrected chi connectivity index (χ1v) is 8.07. The maximum absolute atomic E-state index is 4.51. The van der Waals surface area contributed by atoms with E-state index >= 15 is 0 Å². The minimum atomic E-state index is 0.456. The topological polar surface area (TPSA) is 29.9 Å². The van der Waals surface area contributed by atoms with Crippen LogP contribution in [0.3, 0.4) is 0 Å². The molecule has 0 aliphatic rings. The van der Waals surface area contributed by atoms with Crippen molar-refractivity contribution >= 4 is 22.6 Å². The zero-order chi connectivity index (χ0) is 12.5. The molecule has 1 rings (SSSR count). The molecule has 1 aromatic rings. The van der Waals surface area contributed by atoms with Crippen molar-refractivity contribution in [2.24, 2.45) is 0 Å². The summed E-state index contributed by atoms with van der Waals surface area (Å²) in [4.78, 5) is 0. The smallest absolute Gasteiger partial charge is 0.0762 e. The van der Waals surface area contributed by atoms with Gasteiger partial charge in [0.15, 0.2) is 0 Å². The molecule has 0 amide bonds. The number of rotatable bonds is 9. The minimum absolute atomic E-state index is 0.456. The van der Waals surface area contributed by atoms with Crippen LogP contribution < -0.4 is 5.32 Å². The molecule has 1 aromatic heterocycles. The second kappa shape index (κ2) is 8.91. The zero-order valence-corrected chi connectivity index (χ0v) is 13.1. The van der Waals surface area contributed by atoms with Crippen LogP contribution in [-0.2, 0) is 6.54 Å². The van der Waals surface area contributed by atoms with Crippen LogP contribution in [0.5, 0.6) is 0 Å². The number of alkyl halides is 1. The fourth-order valence-corrected chi connectivity index (χ4v) is 2.21. The van der Waals surface area contributed by atoms with Crippen molar-refractivity contribution in [2.45, 2.75) is 52.1 Å². The molecule has 0 spiro atoms. The molecular formula is C13H24IN3. The molecule has 0 aliphatic carbocycles. The Morgan fingerprint density at radius 1 is 1.29 bits per heavy atom. The summed E-state index contributed by atoms with van der Waals surface area (Å²) >= 11 is 2.44. The van der Waals surface area contributed by atoms with E-state index in [-0.39, 0.29) is 0 Å². The summed E-state index contributed by atoms with van der Waals surface area (Å²) in [7, 11) is 0. The van der Waals surface area contributed by atoms with Gasteiger partial charge < -0.3 is 5.32 Å². The summed E-state index contributed by atoms with van der Waals surface area (Å²) < 4.78 is 3.30. The van der Waals surface area contributed by atoms with Crippen molar-refractivity contribution in [3.05, 3.63) is 18.0 Å². The second-order valence-corrected chi connectivity index (χ2v) is 5.74. The van der Waals surface area contributed by atoms with Gasteiger partial charge in [-0.3, -0.25) is 4.68 Å². The fraction of sp³-hybridized carbons (Fsp3) is 0.769. The second-order valence-electron chi connectivity index (χ2n) is 4.66. The van der Waals surface area contributed by atoms with Gasteiger partial charge in [-0.15, -0.1) is 0 Å². The lowest BCUT2D eigenvalue weighted by Crippen LogP contribution is -2.15. The molecule has 3 nitrogen and oxygen atoms in total. The minimum Gasteiger partial charge on any atom is -0.311 e. The number of halogens is 1. The highest BCUT2D eigenvalue weighted by Gasteiger charge is 2.00. The van der Waals surface area contributed by atoms with Gasteiger partial charge in [-0.05, 0) is 43.7 Å². The van der Waals surface area contributed by atoms with Gasteiger partial charge in [0.2, 0.25) is 0 Å². The predicted molar refractivity (Wildman–Crippen MR) is 81.7 cm³/mol. The normalized spacial score (nSPS) is 11.3. The molecule has 0 atom stereocenters. The third kappa shape index (κ3) is 6.41. The van der Waals surface area contributed by atoms with E-state index in [2.05, 4.69) is 59.1 Å². The Hall–Kier alpha value is -0.100. The molecular weight excluding hydrogens is 325 g/mol. The van der Waals surface area contributed by atoms with Crippen LogP contribution in [0.2, 0.25) is 0 Å². The van der Waals surface area contributed by atoms with Gasteiger partial charge >= 0.3 is 0 Å². The highest BCUT2D eigenvalue weighted by atomic mass is 127. The van der Waals surface area contributed by atoms with Crippen LogP contribution in [0.15, 0.2) is 12.3 Å². The SMILES string of the molecule is CC(C)n1ccc(CNCCCCCCI)n1. The molecule has 98 valence electrons. The van der Waals surface area contributed by atoms with E-state index in [1.165, 1.54) is 30.1 Å². The largest absolute Gasteiger partial charge is 0.311 e. The first-order chi connectivity index (χ1) is 8.24. The number of hydrogen-bond acceptors (Lipinski definition) is 2. The monoisotopic (exact) mass is 349 g/mol. The molecule has 0 saturated carbocycles. The molecule has 0 unspecified atom stereocenters. The zero-order valence-electron chi connectivity index (χ0n) is 11.0. The van der Waals surface area contributed by atoms with E-state index in [1.54, 1.807) is 0 Å². The molecule has 0 aliphatic heterocycles. The van der Waals surface area contributed by atoms with Gasteiger partial charge in [0, 0.05) is 18.8 Å². The third-order valence-corrected chi connectivity index (χ3v) is 3.50. The lowest BCUT2D eigenvalue weighted by Gasteiger charge is -2.04. The summed E-state index contributed by atoms with van der Waals surface area (Å²) in [5.74, 6) is 0. The molecule has 0 fully saturated rings. The first-order valence-electron chi connectivity index (χ1n) is 6.54. The van der Waals surface area contributed by atoms with Crippen LogP contribution in [0, 0.1) is 0 Å². The maximum Gasteiger partial charge on any atom is 0.0762 e. The van der Waals surface area contributed by atoms with Gasteiger partial charge in [0.1, 0.15) is 0 Å². The average Bonchev–Trinajstić information content (AvgIpc) is 2.77. The molecule has 1 N–H and O–H groups in total. The molecule has 0 saturated heterocycles. The van der Waals surface area contributed by atoms with E-state index in [9.17, 15) is 0 Å². The van der Waals surface area contributed by atoms with E-state index in [0.29, 0.717) is 6.04 Å². The number of aromatic nitrogens is 2. The summed E-state index contributed by atoms with van der Waals surface area (Å²) in [5, 5.41) is 7.96. The summed E-state index contributed by atoms with van der Waals surface area (Å²) in [6.07, 6.45) is 7.41. The van der Waals surface area contributed by atoms with E-state index in [0.717, 1.165) is 18.8 Å². The lowest BCUT2D eigenvalue weighted by atomic mass is 10.2. The van der Waals surface area contributed by atoms with Crippen LogP contribution in [0.4, 0.5) is 0 Å². The van der Waals surface area contributed by atoms with Crippen molar-refractivity contribution in [1.29, 1.82) is 0 Å². The highest BCUT2D eigenvalue weighted by molar-refractivity contribution is 14.1. The third-order valence-electron chi connectivity index (χ3n) is 2.74. The Kier molecular flexibility index (Phi) is 7.84. The lowest BCUT2D eigenvalue weighted by molar-refractivity contribution is 0.519. The van der Waals surface area contributed by atoms with E-state index in [1.807, 2.05) is 4.68 Å². The van der Waals surface area contributed by atoms with Crippen molar-refractivity contribution < 1.29 is 0 Å². The molecule has 0 bridgehead atoms. The van der Waals surface area contributed by atoms with Crippen molar-refractivity contribution in [2.75, 3.05) is 11.0 Å². The molecule has 0 radical (unpaired) electrons. The Morgan fingerprint density at radius 3 is 2.71 bits per heavy atom. The highest BCUT2D eigenvalue weighted by Crippen LogP contribution is 2.04. The molecule has 17 heavy (non-hydrogen) atoms. The summed E-state index contributed by atoms with van der Waals surface area (Å²) in [6.45, 7) is 6.30. The molecule has 1 heterocycles. The molecule has 0 aromatic carbocycles. The predicted octanol–water partition coefficient (Wildman–Crippen LogP) is 3.55. The number of nitrogens with one attached hydrogen (secondary N) is 1. The van der Waals surface area contributed by atoms with E-state index in [4.69, 9.17) is 0 Å². The van der Waals surface area contributed by atoms with Crippen LogP contribution in [-0.4, -0.2) is 20.8 Å². The first kappa shape index (κ1) is 15.0. The standard InChI is InChI=1S/C13H24IN3/c1-12(2)17-10-7-13(16-17)11-15-9-6-4-3-5-8-14/h7,10,12,15H,3-6,8-9,11H2,1-2H3. The van der Waals surface area contributed by atoms with Gasteiger partial charge in [-0.25, -0.2) is 0 Å². The maximum atomic E-state index is 4.51. The average molecular weight is 349 g/mol. The number of hydrogen-bond donors (Lipinski definition) is 1. The van der Waals surface area contributed by atoms with Gasteiger partial charge in [-0.2, -0.15) is 5.10 Å². The van der Waals surface area contributed by atoms with Crippen LogP contribution in [0.25, 0.3) is 0 Å². The number of nitrogens with zero attached hydrogens (tertiary/aromatic N) is 2. The van der Waals surface area contributed by atoms with Crippen LogP contribution >= 0.6 is 22.6 Å². The van der Waals surface area contributed by atoms with Gasteiger partial charge in [0.25, 0.3) is 0 Å². The Bertz CT molecular complexity index is 297. The number of unbranched alkanes of at least 4 members (excludes halogenated alkanes) is 3. The molecule has 4 heteroatoms. The van der Waals surface area contributed by atoms with Crippen molar-refractivity contribution in [3.8, 4) is 0 Å². The quantitative estimate of drug-likeness (QED) is 0.420. The Balaban J connectivity index is 2.05. The van der Waals surface area contributed by atoms with Gasteiger partial charge in [-0.1, -0.05) is 35.4 Å². The summed E-state index contributed by atoms with van der Waals surface area (Å²) in [5.41, 5.74) is 1.14. The van der Waals surface area contributed by atoms with Crippen molar-refractivity contribution in [3.63, 3.8) is 0 Å². The van der Waals surface area contributed by atoms with E-state index < -0.39 is 0 Å². The van der Waals surface area contributed by atoms with Crippen molar-refractivity contribution in [1.82, 2.24) is 15.1 Å². The summed E-state index contributed by atoms with van der Waals surface area (Å²) in [6, 6.07) is 2.56. The van der Waals surface area contributed by atoms with Crippen LogP contribution in [0.1, 0.15) is 51.3 Å².